The number of likely N-dealkylation sites (tertiary alicyclic amines) is 1. The molecule has 3 aliphatic heterocycles. The maximum Gasteiger partial charge on any atom is 0.311 e. The summed E-state index contributed by atoms with van der Waals surface area (Å²) in [4.78, 5) is 46.7. The molecule has 3 saturated heterocycles. The van der Waals surface area contributed by atoms with Crippen LogP contribution in [0.5, 0.6) is 0 Å². The van der Waals surface area contributed by atoms with E-state index in [1.807, 2.05) is 35.2 Å². The van der Waals surface area contributed by atoms with Crippen molar-refractivity contribution in [3.05, 3.63) is 61.2 Å². The summed E-state index contributed by atoms with van der Waals surface area (Å²) >= 11 is 1.65. The molecule has 1 saturated carbocycles. The Morgan fingerprint density at radius 3 is 2.56 bits per heavy atom. The number of ether oxygens (including phenoxy) is 1. The molecule has 1 spiro atoms. The van der Waals surface area contributed by atoms with E-state index in [0.29, 0.717) is 25.8 Å². The van der Waals surface area contributed by atoms with Gasteiger partial charge in [0.2, 0.25) is 11.8 Å². The molecular formula is C33H44N2O5S. The van der Waals surface area contributed by atoms with E-state index in [1.165, 1.54) is 6.42 Å². The van der Waals surface area contributed by atoms with E-state index in [9.17, 15) is 19.5 Å². The fourth-order valence-electron chi connectivity index (χ4n) is 7.97. The number of hydrogen-bond donors (Lipinski definition) is 1. The van der Waals surface area contributed by atoms with Crippen molar-refractivity contribution in [3.8, 4) is 0 Å². The normalized spacial score (nSPS) is 31.5. The second kappa shape index (κ2) is 12.3. The largest absolute Gasteiger partial charge is 0.465 e. The molecule has 6 atom stereocenters. The van der Waals surface area contributed by atoms with E-state index >= 15 is 0 Å². The molecule has 1 aliphatic carbocycles. The number of aliphatic hydroxyl groups is 1. The third kappa shape index (κ3) is 5.27. The quantitative estimate of drug-likeness (QED) is 0.222. The van der Waals surface area contributed by atoms with E-state index in [1.54, 1.807) is 28.8 Å². The Morgan fingerprint density at radius 1 is 1.17 bits per heavy atom. The van der Waals surface area contributed by atoms with Crippen molar-refractivity contribution in [2.45, 2.75) is 92.3 Å². The van der Waals surface area contributed by atoms with Gasteiger partial charge in [0, 0.05) is 17.3 Å². The summed E-state index contributed by atoms with van der Waals surface area (Å²) < 4.78 is 4.45. The van der Waals surface area contributed by atoms with Gasteiger partial charge in [-0.15, -0.1) is 24.9 Å². The summed E-state index contributed by atoms with van der Waals surface area (Å²) in [5, 5.41) is 10.7. The minimum absolute atomic E-state index is 0.0726. The van der Waals surface area contributed by atoms with E-state index in [-0.39, 0.29) is 37.0 Å². The Kier molecular flexibility index (Phi) is 9.00. The first-order valence-corrected chi connectivity index (χ1v) is 16.0. The Hall–Kier alpha value is -2.58. The molecule has 4 fully saturated rings. The van der Waals surface area contributed by atoms with E-state index in [4.69, 9.17) is 4.74 Å². The first-order valence-electron chi connectivity index (χ1n) is 15.2. The van der Waals surface area contributed by atoms with Gasteiger partial charge < -0.3 is 19.6 Å². The molecule has 0 aromatic heterocycles. The predicted octanol–water partition coefficient (Wildman–Crippen LogP) is 4.54. The van der Waals surface area contributed by atoms with Crippen LogP contribution in [0.1, 0.15) is 63.9 Å². The molecule has 1 N–H and O–H groups in total. The second-order valence-corrected chi connectivity index (χ2v) is 14.2. The van der Waals surface area contributed by atoms with Crippen molar-refractivity contribution in [2.75, 3.05) is 19.8 Å². The number of carbonyl (C=O) groups is 3. The molecule has 8 heteroatoms. The maximum absolute atomic E-state index is 14.8. The highest BCUT2D eigenvalue weighted by molar-refractivity contribution is 8.02. The van der Waals surface area contributed by atoms with Gasteiger partial charge >= 0.3 is 5.97 Å². The topological polar surface area (TPSA) is 87.1 Å². The van der Waals surface area contributed by atoms with Crippen molar-refractivity contribution in [3.63, 3.8) is 0 Å². The third-order valence-electron chi connectivity index (χ3n) is 9.81. The van der Waals surface area contributed by atoms with Gasteiger partial charge in [-0.3, -0.25) is 14.4 Å². The van der Waals surface area contributed by atoms with Crippen LogP contribution in [-0.4, -0.2) is 80.1 Å². The predicted molar refractivity (Wildman–Crippen MR) is 161 cm³/mol. The summed E-state index contributed by atoms with van der Waals surface area (Å²) in [7, 11) is 0. The van der Waals surface area contributed by atoms with Gasteiger partial charge in [-0.1, -0.05) is 61.7 Å². The number of hydrogen-bond acceptors (Lipinski definition) is 6. The molecule has 2 unspecified atom stereocenters. The molecule has 4 aliphatic rings. The van der Waals surface area contributed by atoms with E-state index < -0.39 is 33.4 Å². The number of rotatable bonds is 12. The summed E-state index contributed by atoms with van der Waals surface area (Å²) in [6.07, 6.45) is 11.0. The number of amides is 2. The van der Waals surface area contributed by atoms with Gasteiger partial charge in [0.05, 0.1) is 35.8 Å². The smallest absolute Gasteiger partial charge is 0.311 e. The van der Waals surface area contributed by atoms with Gasteiger partial charge in [0.1, 0.15) is 6.04 Å². The molecule has 7 nitrogen and oxygen atoms in total. The maximum atomic E-state index is 14.8. The fraction of sp³-hybridized carbons (Fsp3) is 0.606. The lowest BCUT2D eigenvalue weighted by atomic mass is 9.66. The molecule has 41 heavy (non-hydrogen) atoms. The number of carbonyl (C=O) groups excluding carboxylic acids is 3. The van der Waals surface area contributed by atoms with Crippen molar-refractivity contribution < 1.29 is 24.2 Å². The molecule has 1 aromatic carbocycles. The van der Waals surface area contributed by atoms with Crippen LogP contribution in [0.15, 0.2) is 55.6 Å². The molecule has 2 amide bonds. The van der Waals surface area contributed by atoms with Crippen molar-refractivity contribution in [2.24, 2.45) is 11.8 Å². The number of esters is 1. The van der Waals surface area contributed by atoms with Crippen LogP contribution in [0, 0.1) is 11.8 Å². The minimum atomic E-state index is -0.763. The van der Waals surface area contributed by atoms with Crippen LogP contribution in [-0.2, 0) is 25.5 Å². The molecule has 3 heterocycles. The summed E-state index contributed by atoms with van der Waals surface area (Å²) in [5.74, 6) is -1.96. The number of fused-ring (bicyclic) bond motifs is 1. The average molecular weight is 581 g/mol. The van der Waals surface area contributed by atoms with Gasteiger partial charge in [-0.2, -0.15) is 0 Å². The number of benzene rings is 1. The summed E-state index contributed by atoms with van der Waals surface area (Å²) in [6, 6.07) is 8.52. The fourth-order valence-corrected chi connectivity index (χ4v) is 10.3. The van der Waals surface area contributed by atoms with Crippen LogP contribution in [0.2, 0.25) is 0 Å². The SMILES string of the molecule is C=CCCOC(=O)[C@H]1[C@H]2C(=O)N([C@@H](CO)Cc3ccccc3)C(C(=O)N(CC=C)C3CCCCC3)C23CC[C@]1(C)S3. The molecule has 222 valence electrons. The van der Waals surface area contributed by atoms with Crippen LogP contribution in [0.25, 0.3) is 0 Å². The highest BCUT2D eigenvalue weighted by Crippen LogP contribution is 2.72. The van der Waals surface area contributed by atoms with Gasteiger partial charge in [-0.25, -0.2) is 0 Å². The lowest BCUT2D eigenvalue weighted by Crippen LogP contribution is -2.59. The zero-order valence-corrected chi connectivity index (χ0v) is 25.0. The Bertz CT molecular complexity index is 1150. The van der Waals surface area contributed by atoms with Crippen LogP contribution in [0.3, 0.4) is 0 Å². The highest BCUT2D eigenvalue weighted by Gasteiger charge is 2.78. The zero-order chi connectivity index (χ0) is 29.2. The average Bonchev–Trinajstić information content (AvgIpc) is 3.56. The number of nitrogens with zero attached hydrogens (tertiary/aromatic N) is 2. The zero-order valence-electron chi connectivity index (χ0n) is 24.2. The van der Waals surface area contributed by atoms with Crippen LogP contribution in [0.4, 0.5) is 0 Å². The molecule has 0 radical (unpaired) electrons. The lowest BCUT2D eigenvalue weighted by molar-refractivity contribution is -0.156. The van der Waals surface area contributed by atoms with E-state index in [0.717, 1.165) is 37.7 Å². The number of thioether (sulfide) groups is 1. The Labute approximate surface area is 248 Å². The molecule has 1 aromatic rings. The van der Waals surface area contributed by atoms with Gasteiger partial charge in [0.25, 0.3) is 0 Å². The standard InChI is InChI=1S/C33H44N2O5S/c1-4-6-20-40-31(39)27-26-29(37)35(25(22-36)21-23-13-9-7-10-14-23)28(33(26)18-17-32(27,3)41-33)30(38)34(19-5-2)24-15-11-8-12-16-24/h4-5,7,9-10,13-14,24-28,36H,1-2,6,8,11-12,15-22H2,3H3/t25-,26+,27-,28?,32+,33?/m1/s1. The van der Waals surface area contributed by atoms with Crippen molar-refractivity contribution in [1.29, 1.82) is 0 Å². The van der Waals surface area contributed by atoms with Crippen LogP contribution < -0.4 is 0 Å². The second-order valence-electron chi connectivity index (χ2n) is 12.3. The third-order valence-corrected chi connectivity index (χ3v) is 11.8. The first-order chi connectivity index (χ1) is 19.8. The Balaban J connectivity index is 1.56. The van der Waals surface area contributed by atoms with Crippen molar-refractivity contribution >= 4 is 29.5 Å². The van der Waals surface area contributed by atoms with Gasteiger partial charge in [-0.05, 0) is 51.0 Å². The van der Waals surface area contributed by atoms with Crippen LogP contribution >= 0.6 is 11.8 Å². The highest BCUT2D eigenvalue weighted by atomic mass is 32.2. The summed E-state index contributed by atoms with van der Waals surface area (Å²) in [5.41, 5.74) is 0.986. The molecule has 2 bridgehead atoms. The minimum Gasteiger partial charge on any atom is -0.465 e. The molecular weight excluding hydrogens is 536 g/mol. The lowest BCUT2D eigenvalue weighted by Gasteiger charge is -2.42. The van der Waals surface area contributed by atoms with Crippen molar-refractivity contribution in [1.82, 2.24) is 9.80 Å². The van der Waals surface area contributed by atoms with E-state index in [2.05, 4.69) is 20.1 Å². The molecule has 5 rings (SSSR count). The summed E-state index contributed by atoms with van der Waals surface area (Å²) in [6.45, 7) is 10.1. The van der Waals surface area contributed by atoms with Gasteiger partial charge in [0.15, 0.2) is 0 Å². The Morgan fingerprint density at radius 2 is 1.90 bits per heavy atom. The first kappa shape index (κ1) is 29.9. The monoisotopic (exact) mass is 580 g/mol. The number of aliphatic hydroxyl groups excluding tert-OH is 1.